The van der Waals surface area contributed by atoms with Crippen molar-refractivity contribution < 1.29 is 13.2 Å². The predicted octanol–water partition coefficient (Wildman–Crippen LogP) is 4.36. The molecule has 0 aliphatic heterocycles. The van der Waals surface area contributed by atoms with E-state index in [1.807, 2.05) is 0 Å². The van der Waals surface area contributed by atoms with Gasteiger partial charge in [0.25, 0.3) is 0 Å². The highest BCUT2D eigenvalue weighted by Gasteiger charge is 2.34. The standard InChI is InChI=1S/C12H11BrF3N3/c1-7(10-4-5-17-19-10)18-11-3-2-8(13)6-9(11)12(14,15)16/h2-7,18H,1H3,(H,17,19). The SMILES string of the molecule is CC(Nc1ccc(Br)cc1C(F)(F)F)c1ccn[nH]1. The summed E-state index contributed by atoms with van der Waals surface area (Å²) in [6, 6.07) is 5.44. The molecule has 0 fully saturated rings. The Morgan fingerprint density at radius 2 is 2.05 bits per heavy atom. The van der Waals surface area contributed by atoms with Crippen molar-refractivity contribution in [3.63, 3.8) is 0 Å². The molecule has 0 spiro atoms. The maximum atomic E-state index is 12.9. The molecule has 2 rings (SSSR count). The van der Waals surface area contributed by atoms with Crippen LogP contribution in [0.1, 0.15) is 24.2 Å². The quantitative estimate of drug-likeness (QED) is 0.875. The molecule has 102 valence electrons. The first-order chi connectivity index (χ1) is 8.88. The van der Waals surface area contributed by atoms with E-state index >= 15 is 0 Å². The first-order valence-corrected chi connectivity index (χ1v) is 6.30. The molecule has 7 heteroatoms. The first kappa shape index (κ1) is 13.9. The third kappa shape index (κ3) is 3.28. The topological polar surface area (TPSA) is 40.7 Å². The van der Waals surface area contributed by atoms with Crippen molar-refractivity contribution in [1.82, 2.24) is 10.2 Å². The molecule has 1 heterocycles. The molecule has 2 N–H and O–H groups in total. The number of alkyl halides is 3. The average Bonchev–Trinajstić information content (AvgIpc) is 2.83. The summed E-state index contributed by atoms with van der Waals surface area (Å²) in [7, 11) is 0. The van der Waals surface area contributed by atoms with E-state index in [1.165, 1.54) is 6.07 Å². The Morgan fingerprint density at radius 1 is 1.32 bits per heavy atom. The van der Waals surface area contributed by atoms with Crippen molar-refractivity contribution in [2.75, 3.05) is 5.32 Å². The summed E-state index contributed by atoms with van der Waals surface area (Å²) in [4.78, 5) is 0. The molecule has 1 aromatic carbocycles. The zero-order chi connectivity index (χ0) is 14.0. The van der Waals surface area contributed by atoms with Crippen LogP contribution >= 0.6 is 15.9 Å². The largest absolute Gasteiger partial charge is 0.418 e. The Bertz CT molecular complexity index is 552. The smallest absolute Gasteiger partial charge is 0.376 e. The molecule has 2 aromatic rings. The summed E-state index contributed by atoms with van der Waals surface area (Å²) >= 11 is 3.05. The van der Waals surface area contributed by atoms with Crippen molar-refractivity contribution >= 4 is 21.6 Å². The number of rotatable bonds is 3. The van der Waals surface area contributed by atoms with Crippen molar-refractivity contribution in [2.45, 2.75) is 19.1 Å². The van der Waals surface area contributed by atoms with Gasteiger partial charge in [0, 0.05) is 16.4 Å². The van der Waals surface area contributed by atoms with Gasteiger partial charge in [-0.3, -0.25) is 5.10 Å². The Balaban J connectivity index is 2.30. The lowest BCUT2D eigenvalue weighted by molar-refractivity contribution is -0.137. The number of anilines is 1. The van der Waals surface area contributed by atoms with Gasteiger partial charge in [0.1, 0.15) is 0 Å². The Morgan fingerprint density at radius 3 is 2.63 bits per heavy atom. The Labute approximate surface area is 116 Å². The summed E-state index contributed by atoms with van der Waals surface area (Å²) < 4.78 is 39.2. The molecule has 0 bridgehead atoms. The minimum atomic E-state index is -4.40. The number of hydrogen-bond donors (Lipinski definition) is 2. The lowest BCUT2D eigenvalue weighted by Crippen LogP contribution is -2.13. The molecule has 19 heavy (non-hydrogen) atoms. The van der Waals surface area contributed by atoms with E-state index in [0.29, 0.717) is 4.47 Å². The fourth-order valence-electron chi connectivity index (χ4n) is 1.70. The Kier molecular flexibility index (Phi) is 3.84. The second-order valence-corrected chi connectivity index (χ2v) is 4.98. The van der Waals surface area contributed by atoms with Crippen LogP contribution in [-0.2, 0) is 6.18 Å². The van der Waals surface area contributed by atoms with Crippen molar-refractivity contribution in [1.29, 1.82) is 0 Å². The second kappa shape index (κ2) is 5.24. The van der Waals surface area contributed by atoms with E-state index in [9.17, 15) is 13.2 Å². The molecule has 1 unspecified atom stereocenters. The van der Waals surface area contributed by atoms with Gasteiger partial charge in [-0.1, -0.05) is 15.9 Å². The van der Waals surface area contributed by atoms with Crippen LogP contribution in [-0.4, -0.2) is 10.2 Å². The molecule has 1 atom stereocenters. The zero-order valence-corrected chi connectivity index (χ0v) is 11.5. The van der Waals surface area contributed by atoms with E-state index in [4.69, 9.17) is 0 Å². The van der Waals surface area contributed by atoms with Gasteiger partial charge in [-0.2, -0.15) is 18.3 Å². The van der Waals surface area contributed by atoms with E-state index in [0.717, 1.165) is 11.8 Å². The third-order valence-corrected chi connectivity index (χ3v) is 3.14. The van der Waals surface area contributed by atoms with Crippen molar-refractivity contribution in [3.05, 3.63) is 46.2 Å². The second-order valence-electron chi connectivity index (χ2n) is 4.07. The molecule has 0 radical (unpaired) electrons. The fourth-order valence-corrected chi connectivity index (χ4v) is 2.06. The van der Waals surface area contributed by atoms with Gasteiger partial charge in [0.15, 0.2) is 0 Å². The number of hydrogen-bond acceptors (Lipinski definition) is 2. The van der Waals surface area contributed by atoms with E-state index in [1.54, 1.807) is 25.3 Å². The molecule has 3 nitrogen and oxygen atoms in total. The summed E-state index contributed by atoms with van der Waals surface area (Å²) in [5.74, 6) is 0. The number of aromatic amines is 1. The predicted molar refractivity (Wildman–Crippen MR) is 69.8 cm³/mol. The lowest BCUT2D eigenvalue weighted by Gasteiger charge is -2.18. The number of aromatic nitrogens is 2. The van der Waals surface area contributed by atoms with Crippen LogP contribution in [0.4, 0.5) is 18.9 Å². The van der Waals surface area contributed by atoms with Crippen molar-refractivity contribution in [2.24, 2.45) is 0 Å². The van der Waals surface area contributed by atoms with Gasteiger partial charge in [0.05, 0.1) is 17.3 Å². The van der Waals surface area contributed by atoms with E-state index in [-0.39, 0.29) is 11.7 Å². The summed E-state index contributed by atoms with van der Waals surface area (Å²) in [6.07, 6.45) is -2.85. The lowest BCUT2D eigenvalue weighted by atomic mass is 10.1. The number of halogens is 4. The van der Waals surface area contributed by atoms with E-state index < -0.39 is 11.7 Å². The van der Waals surface area contributed by atoms with Crippen molar-refractivity contribution in [3.8, 4) is 0 Å². The van der Waals surface area contributed by atoms with Gasteiger partial charge in [-0.15, -0.1) is 0 Å². The minimum Gasteiger partial charge on any atom is -0.376 e. The van der Waals surface area contributed by atoms with Crippen LogP contribution in [0.15, 0.2) is 34.9 Å². The number of nitrogens with one attached hydrogen (secondary N) is 2. The van der Waals surface area contributed by atoms with Gasteiger partial charge in [-0.05, 0) is 31.2 Å². The molecule has 0 saturated carbocycles. The Hall–Kier alpha value is -1.50. The zero-order valence-electron chi connectivity index (χ0n) is 9.92. The van der Waals surface area contributed by atoms with E-state index in [2.05, 4.69) is 31.4 Å². The van der Waals surface area contributed by atoms with Crippen LogP contribution in [0.25, 0.3) is 0 Å². The molecular weight excluding hydrogens is 323 g/mol. The van der Waals surface area contributed by atoms with Crippen LogP contribution in [0.2, 0.25) is 0 Å². The molecule has 0 saturated heterocycles. The number of H-pyrrole nitrogens is 1. The number of benzene rings is 1. The molecule has 1 aromatic heterocycles. The van der Waals surface area contributed by atoms with Gasteiger partial charge in [-0.25, -0.2) is 0 Å². The summed E-state index contributed by atoms with van der Waals surface area (Å²) in [6.45, 7) is 1.76. The molecule has 0 aliphatic rings. The molecule has 0 amide bonds. The van der Waals surface area contributed by atoms with Gasteiger partial charge in [0.2, 0.25) is 0 Å². The van der Waals surface area contributed by atoms with Crippen LogP contribution in [0.3, 0.4) is 0 Å². The highest BCUT2D eigenvalue weighted by Crippen LogP contribution is 2.37. The highest BCUT2D eigenvalue weighted by molar-refractivity contribution is 9.10. The maximum Gasteiger partial charge on any atom is 0.418 e. The normalized spacial score (nSPS) is 13.3. The third-order valence-electron chi connectivity index (χ3n) is 2.65. The fraction of sp³-hybridized carbons (Fsp3) is 0.250. The summed E-state index contributed by atoms with van der Waals surface area (Å²) in [5.41, 5.74) is 0.0575. The number of nitrogens with zero attached hydrogens (tertiary/aromatic N) is 1. The minimum absolute atomic E-state index is 0.0396. The monoisotopic (exact) mass is 333 g/mol. The molecular formula is C12H11BrF3N3. The van der Waals surface area contributed by atoms with Crippen LogP contribution < -0.4 is 5.32 Å². The first-order valence-electron chi connectivity index (χ1n) is 5.50. The molecule has 0 aliphatic carbocycles. The van der Waals surface area contributed by atoms with Crippen LogP contribution in [0, 0.1) is 0 Å². The summed E-state index contributed by atoms with van der Waals surface area (Å²) in [5, 5.41) is 9.33. The van der Waals surface area contributed by atoms with Gasteiger partial charge >= 0.3 is 6.18 Å². The van der Waals surface area contributed by atoms with Crippen LogP contribution in [0.5, 0.6) is 0 Å². The maximum absolute atomic E-state index is 12.9. The average molecular weight is 334 g/mol. The van der Waals surface area contributed by atoms with Gasteiger partial charge < -0.3 is 5.32 Å². The highest BCUT2D eigenvalue weighted by atomic mass is 79.9.